The number of nitrogens with zero attached hydrogens (tertiary/aromatic N) is 2. The van der Waals surface area contributed by atoms with E-state index in [1.54, 1.807) is 7.11 Å². The third kappa shape index (κ3) is 4.97. The molecule has 1 atom stereocenters. The van der Waals surface area contributed by atoms with Crippen molar-refractivity contribution in [2.75, 3.05) is 25.1 Å². The first kappa shape index (κ1) is 29.9. The van der Waals surface area contributed by atoms with Gasteiger partial charge in [-0.1, -0.05) is 80.1 Å². The van der Waals surface area contributed by atoms with Crippen molar-refractivity contribution in [3.05, 3.63) is 125 Å². The van der Waals surface area contributed by atoms with Gasteiger partial charge in [0.05, 0.1) is 17.9 Å². The first-order valence-electron chi connectivity index (χ1n) is 16.3. The lowest BCUT2D eigenvalue weighted by molar-refractivity contribution is -0.436. The topological polar surface area (TPSA) is 15.5 Å². The molecule has 0 radical (unpaired) electrons. The fourth-order valence-corrected chi connectivity index (χ4v) is 7.55. The fraction of sp³-hybridized carbons (Fsp3) is 0.341. The summed E-state index contributed by atoms with van der Waals surface area (Å²) < 4.78 is 8.32. The van der Waals surface area contributed by atoms with Crippen molar-refractivity contribution in [2.24, 2.45) is 0 Å². The van der Waals surface area contributed by atoms with Gasteiger partial charge < -0.3 is 9.64 Å². The van der Waals surface area contributed by atoms with Gasteiger partial charge in [0, 0.05) is 41.4 Å². The summed E-state index contributed by atoms with van der Waals surface area (Å²) in [6.45, 7) is 15.9. The highest BCUT2D eigenvalue weighted by Crippen LogP contribution is 2.51. The summed E-state index contributed by atoms with van der Waals surface area (Å²) in [4.78, 5) is 2.55. The van der Waals surface area contributed by atoms with Gasteiger partial charge in [-0.15, -0.1) is 0 Å². The van der Waals surface area contributed by atoms with Crippen LogP contribution in [0, 0.1) is 6.92 Å². The average Bonchev–Trinajstić information content (AvgIpc) is 3.38. The third-order valence-electron chi connectivity index (χ3n) is 9.80. The summed E-state index contributed by atoms with van der Waals surface area (Å²) in [6.07, 6.45) is 10.2. The van der Waals surface area contributed by atoms with E-state index in [2.05, 4.69) is 148 Å². The van der Waals surface area contributed by atoms with Crippen LogP contribution in [-0.2, 0) is 17.3 Å². The molecule has 44 heavy (non-hydrogen) atoms. The van der Waals surface area contributed by atoms with Crippen molar-refractivity contribution in [2.45, 2.75) is 71.6 Å². The summed E-state index contributed by atoms with van der Waals surface area (Å²) >= 11 is 0. The maximum Gasteiger partial charge on any atom is 0.217 e. The monoisotopic (exact) mass is 583 g/mol. The molecule has 0 aliphatic carbocycles. The number of aryl methyl sites for hydroxylation is 1. The van der Waals surface area contributed by atoms with Crippen molar-refractivity contribution >= 4 is 27.9 Å². The van der Waals surface area contributed by atoms with E-state index in [1.807, 2.05) is 0 Å². The number of fused-ring (bicyclic) bond motifs is 4. The highest BCUT2D eigenvalue weighted by atomic mass is 16.5. The van der Waals surface area contributed by atoms with Gasteiger partial charge >= 0.3 is 0 Å². The number of hydrogen-bond acceptors (Lipinski definition) is 2. The van der Waals surface area contributed by atoms with Crippen LogP contribution in [0.2, 0.25) is 0 Å². The Hall–Kier alpha value is -4.11. The molecular weight excluding hydrogens is 536 g/mol. The van der Waals surface area contributed by atoms with Crippen molar-refractivity contribution < 1.29 is 9.31 Å². The van der Waals surface area contributed by atoms with Crippen molar-refractivity contribution in [1.29, 1.82) is 0 Å². The van der Waals surface area contributed by atoms with Gasteiger partial charge in [-0.3, -0.25) is 0 Å². The molecule has 226 valence electrons. The summed E-state index contributed by atoms with van der Waals surface area (Å²) in [6, 6.07) is 29.1. The molecule has 1 unspecified atom stereocenters. The van der Waals surface area contributed by atoms with E-state index in [0.29, 0.717) is 0 Å². The largest absolute Gasteiger partial charge is 0.497 e. The Balaban J connectivity index is 1.49. The standard InChI is InChI=1S/C41H47N2O/c1-8-25-42-36-24-22-32(44-7)27-35(36)41(6,28-30-19-17-29(3)18-20-30)38(42)16-12-15-37-40(4,5)34-23-21-31-13-10-11-14-33(31)39(34)43(37)26-9-2/h10-24,27H,8-9,25-26,28H2,1-7H3/q+1. The number of ether oxygens (including phenoxy) is 1. The lowest BCUT2D eigenvalue weighted by Crippen LogP contribution is -2.31. The van der Waals surface area contributed by atoms with Crippen LogP contribution in [-0.4, -0.2) is 30.5 Å². The van der Waals surface area contributed by atoms with E-state index in [-0.39, 0.29) is 10.8 Å². The Morgan fingerprint density at radius 3 is 2.36 bits per heavy atom. The zero-order valence-electron chi connectivity index (χ0n) is 27.6. The molecule has 2 heterocycles. The van der Waals surface area contributed by atoms with Crippen molar-refractivity contribution in [1.82, 2.24) is 0 Å². The van der Waals surface area contributed by atoms with Crippen LogP contribution in [0.25, 0.3) is 10.8 Å². The van der Waals surface area contributed by atoms with Gasteiger partial charge in [0.15, 0.2) is 5.71 Å². The SMILES string of the molecule is CCCN1C(=CC=CC2=[N+](CCC)c3c(ccc4ccccc34)C2(C)C)C(C)(Cc2ccc(C)cc2)c2cc(OC)ccc21. The second-order valence-corrected chi connectivity index (χ2v) is 13.3. The number of allylic oxidation sites excluding steroid dienone is 4. The highest BCUT2D eigenvalue weighted by Gasteiger charge is 2.46. The zero-order valence-corrected chi connectivity index (χ0v) is 27.6. The van der Waals surface area contributed by atoms with Gasteiger partial charge in [-0.2, -0.15) is 4.58 Å². The predicted molar refractivity (Wildman–Crippen MR) is 187 cm³/mol. The molecule has 0 saturated heterocycles. The number of methoxy groups -OCH3 is 1. The first-order chi connectivity index (χ1) is 21.2. The molecule has 4 aromatic carbocycles. The number of hydrogen-bond donors (Lipinski definition) is 0. The minimum atomic E-state index is -0.198. The lowest BCUT2D eigenvalue weighted by atomic mass is 9.76. The van der Waals surface area contributed by atoms with E-state index in [1.165, 1.54) is 55.8 Å². The third-order valence-corrected chi connectivity index (χ3v) is 9.80. The minimum absolute atomic E-state index is 0.0934. The lowest BCUT2D eigenvalue weighted by Gasteiger charge is -2.30. The number of rotatable bonds is 9. The predicted octanol–water partition coefficient (Wildman–Crippen LogP) is 9.81. The van der Waals surface area contributed by atoms with Gasteiger partial charge in [-0.05, 0) is 87.4 Å². The molecule has 3 nitrogen and oxygen atoms in total. The maximum absolute atomic E-state index is 5.74. The normalized spacial score (nSPS) is 19.8. The van der Waals surface area contributed by atoms with E-state index >= 15 is 0 Å². The van der Waals surface area contributed by atoms with Crippen LogP contribution in [0.3, 0.4) is 0 Å². The van der Waals surface area contributed by atoms with Crippen LogP contribution in [0.4, 0.5) is 11.4 Å². The quantitative estimate of drug-likeness (QED) is 0.182. The van der Waals surface area contributed by atoms with E-state index < -0.39 is 0 Å². The minimum Gasteiger partial charge on any atom is -0.497 e. The van der Waals surface area contributed by atoms with E-state index in [9.17, 15) is 0 Å². The van der Waals surface area contributed by atoms with E-state index in [0.717, 1.165) is 38.1 Å². The second-order valence-electron chi connectivity index (χ2n) is 13.3. The second kappa shape index (κ2) is 11.8. The van der Waals surface area contributed by atoms with Gasteiger partial charge in [-0.25, -0.2) is 0 Å². The van der Waals surface area contributed by atoms with Gasteiger partial charge in [0.2, 0.25) is 5.69 Å². The molecule has 3 heteroatoms. The molecule has 0 N–H and O–H groups in total. The molecule has 0 bridgehead atoms. The van der Waals surface area contributed by atoms with Crippen molar-refractivity contribution in [3.8, 4) is 5.75 Å². The number of anilines is 1. The summed E-state index contributed by atoms with van der Waals surface area (Å²) in [5, 5.41) is 2.64. The molecule has 2 aliphatic heterocycles. The first-order valence-corrected chi connectivity index (χ1v) is 16.3. The summed E-state index contributed by atoms with van der Waals surface area (Å²) in [7, 11) is 1.77. The molecule has 0 aromatic heterocycles. The van der Waals surface area contributed by atoms with Crippen molar-refractivity contribution in [3.63, 3.8) is 0 Å². The summed E-state index contributed by atoms with van der Waals surface area (Å²) in [5.74, 6) is 0.913. The van der Waals surface area contributed by atoms with Crippen LogP contribution in [0.15, 0.2) is 103 Å². The van der Waals surface area contributed by atoms with Gasteiger partial charge in [0.1, 0.15) is 12.3 Å². The Morgan fingerprint density at radius 1 is 0.864 bits per heavy atom. The molecule has 4 aromatic rings. The summed E-state index contributed by atoms with van der Waals surface area (Å²) in [5.41, 5.74) is 10.5. The Kier molecular flexibility index (Phi) is 8.01. The number of benzene rings is 4. The maximum atomic E-state index is 5.74. The van der Waals surface area contributed by atoms with E-state index in [4.69, 9.17) is 4.74 Å². The Labute approximate surface area is 264 Å². The Morgan fingerprint density at radius 2 is 1.64 bits per heavy atom. The van der Waals surface area contributed by atoms with Crippen LogP contribution in [0.1, 0.15) is 69.7 Å². The highest BCUT2D eigenvalue weighted by molar-refractivity contribution is 6.07. The van der Waals surface area contributed by atoms with Crippen LogP contribution in [0.5, 0.6) is 5.75 Å². The molecular formula is C41H47N2O+. The molecule has 0 fully saturated rings. The molecule has 0 amide bonds. The van der Waals surface area contributed by atoms with Crippen LogP contribution < -0.4 is 9.64 Å². The smallest absolute Gasteiger partial charge is 0.217 e. The fourth-order valence-electron chi connectivity index (χ4n) is 7.55. The van der Waals surface area contributed by atoms with Crippen LogP contribution >= 0.6 is 0 Å². The molecule has 2 aliphatic rings. The molecule has 0 spiro atoms. The zero-order chi connectivity index (χ0) is 31.1. The molecule has 0 saturated carbocycles. The molecule has 6 rings (SSSR count). The van der Waals surface area contributed by atoms with Gasteiger partial charge in [0.25, 0.3) is 0 Å². The average molecular weight is 584 g/mol. The Bertz CT molecular complexity index is 1790.